The highest BCUT2D eigenvalue weighted by molar-refractivity contribution is 7.99. The molecule has 0 fully saturated rings. The Kier molecular flexibility index (Phi) is 8.15. The summed E-state index contributed by atoms with van der Waals surface area (Å²) in [6, 6.07) is 20.2. The number of carbonyl (C=O) groups is 1. The average Bonchev–Trinajstić information content (AvgIpc) is 3.31. The third kappa shape index (κ3) is 6.26. The first kappa shape index (κ1) is 24.9. The van der Waals surface area contributed by atoms with E-state index in [0.717, 1.165) is 43.6 Å². The third-order valence-corrected chi connectivity index (χ3v) is 7.01. The summed E-state index contributed by atoms with van der Waals surface area (Å²) in [4.78, 5) is 21.1. The summed E-state index contributed by atoms with van der Waals surface area (Å²) in [6.45, 7) is 2.94. The van der Waals surface area contributed by atoms with Gasteiger partial charge < -0.3 is 10.2 Å². The molecule has 0 aliphatic carbocycles. The summed E-state index contributed by atoms with van der Waals surface area (Å²) in [7, 11) is 1.91. The number of aromatic nitrogens is 3. The average molecular weight is 504 g/mol. The van der Waals surface area contributed by atoms with Crippen LogP contribution in [0.2, 0.25) is 0 Å². The minimum absolute atomic E-state index is 0.156. The molecule has 180 valence electrons. The van der Waals surface area contributed by atoms with Gasteiger partial charge in [-0.1, -0.05) is 48.5 Å². The molecule has 0 radical (unpaired) electrons. The van der Waals surface area contributed by atoms with Crippen molar-refractivity contribution in [3.8, 4) is 11.1 Å². The lowest BCUT2D eigenvalue weighted by atomic mass is 10.1. The molecular weight excluding hydrogens is 474 g/mol. The maximum absolute atomic E-state index is 13.7. The number of rotatable bonds is 8. The first-order valence-corrected chi connectivity index (χ1v) is 13.7. The number of anilines is 1. The highest BCUT2D eigenvalue weighted by Gasteiger charge is 2.20. The Hall–Kier alpha value is -3.23. The highest BCUT2D eigenvalue weighted by Crippen LogP contribution is 2.34. The highest BCUT2D eigenvalue weighted by atomic mass is 32.2. The van der Waals surface area contributed by atoms with E-state index in [2.05, 4.69) is 33.6 Å². The van der Waals surface area contributed by atoms with Crippen LogP contribution in [0.25, 0.3) is 11.1 Å². The lowest BCUT2D eigenvalue weighted by Gasteiger charge is -2.25. The number of carbonyl (C=O) groups excluding carboxylic acids is 1. The predicted octanol–water partition coefficient (Wildman–Crippen LogP) is 6.47. The van der Waals surface area contributed by atoms with Gasteiger partial charge in [0.15, 0.2) is 0 Å². The maximum Gasteiger partial charge on any atom is 0.322 e. The van der Waals surface area contributed by atoms with Crippen LogP contribution in [-0.2, 0) is 20.1 Å². The number of hydrogen-bond acceptors (Lipinski definition) is 5. The van der Waals surface area contributed by atoms with Gasteiger partial charge >= 0.3 is 6.03 Å². The van der Waals surface area contributed by atoms with Crippen molar-refractivity contribution in [3.63, 3.8) is 0 Å². The first-order valence-electron chi connectivity index (χ1n) is 11.2. The Bertz CT molecular complexity index is 1280. The Balaban J connectivity index is 1.63. The van der Waals surface area contributed by atoms with Gasteiger partial charge in [0.25, 0.3) is 0 Å². The van der Waals surface area contributed by atoms with Gasteiger partial charge in [-0.25, -0.2) is 9.78 Å². The van der Waals surface area contributed by atoms with Gasteiger partial charge in [0.05, 0.1) is 11.9 Å². The van der Waals surface area contributed by atoms with E-state index < -0.39 is 0 Å². The number of aryl methyl sites for hydroxylation is 2. The molecule has 1 N–H and O–H groups in total. The predicted molar refractivity (Wildman–Crippen MR) is 146 cm³/mol. The fraction of sp³-hybridized carbons (Fsp3) is 0.222. The normalized spacial score (nSPS) is 10.9. The number of nitrogens with one attached hydrogen (secondary N) is 1. The summed E-state index contributed by atoms with van der Waals surface area (Å²) in [5.41, 5.74) is 5.95. The molecule has 4 aromatic rings. The molecule has 4 rings (SSSR count). The van der Waals surface area contributed by atoms with Crippen LogP contribution in [0.4, 0.5) is 10.5 Å². The summed E-state index contributed by atoms with van der Waals surface area (Å²) >= 11 is 3.14. The van der Waals surface area contributed by atoms with Crippen LogP contribution in [0.3, 0.4) is 0 Å². The van der Waals surface area contributed by atoms with Gasteiger partial charge in [-0.05, 0) is 48.3 Å². The van der Waals surface area contributed by atoms with Gasteiger partial charge in [0.2, 0.25) is 0 Å². The number of nitrogens with zero attached hydrogens (tertiary/aromatic N) is 4. The Labute approximate surface area is 215 Å². The molecule has 0 bridgehead atoms. The van der Waals surface area contributed by atoms with E-state index in [9.17, 15) is 4.79 Å². The minimum atomic E-state index is -0.156. The Morgan fingerprint density at radius 1 is 0.971 bits per heavy atom. The van der Waals surface area contributed by atoms with E-state index in [1.165, 1.54) is 11.8 Å². The molecule has 2 aromatic carbocycles. The van der Waals surface area contributed by atoms with Crippen LogP contribution < -0.4 is 5.32 Å². The van der Waals surface area contributed by atoms with Crippen LogP contribution >= 0.6 is 23.5 Å². The smallest absolute Gasteiger partial charge is 0.316 e. The zero-order valence-corrected chi connectivity index (χ0v) is 22.0. The van der Waals surface area contributed by atoms with E-state index >= 15 is 0 Å². The van der Waals surface area contributed by atoms with Crippen molar-refractivity contribution in [3.05, 3.63) is 89.9 Å². The molecule has 0 saturated heterocycles. The molecular formula is C27H29N5OS2. The fourth-order valence-corrected chi connectivity index (χ4v) is 5.17. The Morgan fingerprint density at radius 3 is 2.40 bits per heavy atom. The van der Waals surface area contributed by atoms with Crippen LogP contribution in [0.5, 0.6) is 0 Å². The van der Waals surface area contributed by atoms with E-state index in [1.807, 2.05) is 86.2 Å². The maximum atomic E-state index is 13.7. The summed E-state index contributed by atoms with van der Waals surface area (Å²) in [6.07, 6.45) is 7.84. The molecule has 0 aliphatic rings. The summed E-state index contributed by atoms with van der Waals surface area (Å²) in [5.74, 6) is 0. The molecule has 0 spiro atoms. The van der Waals surface area contributed by atoms with Crippen LogP contribution in [0.15, 0.2) is 83.0 Å². The zero-order chi connectivity index (χ0) is 24.8. The number of pyridine rings is 1. The van der Waals surface area contributed by atoms with Crippen molar-refractivity contribution in [2.45, 2.75) is 29.9 Å². The van der Waals surface area contributed by atoms with Gasteiger partial charge in [-0.2, -0.15) is 5.10 Å². The van der Waals surface area contributed by atoms with Crippen molar-refractivity contribution in [2.75, 3.05) is 17.8 Å². The molecule has 2 amide bonds. The molecule has 35 heavy (non-hydrogen) atoms. The monoisotopic (exact) mass is 503 g/mol. The Morgan fingerprint density at radius 2 is 1.71 bits per heavy atom. The second-order valence-electron chi connectivity index (χ2n) is 8.23. The van der Waals surface area contributed by atoms with Crippen LogP contribution in [-0.4, -0.2) is 38.2 Å². The van der Waals surface area contributed by atoms with Crippen molar-refractivity contribution in [1.29, 1.82) is 0 Å². The van der Waals surface area contributed by atoms with Gasteiger partial charge in [-0.3, -0.25) is 4.68 Å². The lowest BCUT2D eigenvalue weighted by Crippen LogP contribution is -2.34. The van der Waals surface area contributed by atoms with Crippen LogP contribution in [0.1, 0.15) is 16.8 Å². The first-order chi connectivity index (χ1) is 17.0. The summed E-state index contributed by atoms with van der Waals surface area (Å²) in [5, 5.41) is 8.27. The number of benzene rings is 2. The van der Waals surface area contributed by atoms with Gasteiger partial charge in [0.1, 0.15) is 5.03 Å². The molecule has 6 nitrogen and oxygen atoms in total. The van der Waals surface area contributed by atoms with Gasteiger partial charge in [0, 0.05) is 42.5 Å². The number of thioether (sulfide) groups is 2. The van der Waals surface area contributed by atoms with E-state index in [0.29, 0.717) is 13.1 Å². The molecule has 0 unspecified atom stereocenters. The topological polar surface area (TPSA) is 63.1 Å². The minimum Gasteiger partial charge on any atom is -0.316 e. The molecule has 0 aliphatic heterocycles. The molecule has 2 aromatic heterocycles. The number of amides is 2. The van der Waals surface area contributed by atoms with E-state index in [4.69, 9.17) is 0 Å². The summed E-state index contributed by atoms with van der Waals surface area (Å²) < 4.78 is 1.79. The third-order valence-electron chi connectivity index (χ3n) is 5.57. The second-order valence-corrected chi connectivity index (χ2v) is 9.87. The molecule has 0 atom stereocenters. The largest absolute Gasteiger partial charge is 0.322 e. The number of hydrogen-bond donors (Lipinski definition) is 1. The van der Waals surface area contributed by atoms with Crippen LogP contribution in [0, 0.1) is 6.92 Å². The van der Waals surface area contributed by atoms with Crippen molar-refractivity contribution in [1.82, 2.24) is 19.7 Å². The zero-order valence-electron chi connectivity index (χ0n) is 20.4. The van der Waals surface area contributed by atoms with Crippen molar-refractivity contribution in [2.24, 2.45) is 7.05 Å². The van der Waals surface area contributed by atoms with E-state index in [1.54, 1.807) is 16.4 Å². The lowest BCUT2D eigenvalue weighted by molar-refractivity contribution is 0.206. The SMILES string of the molecule is CSc1cc(C)nc(SC)c1NC(=O)N(Cc1ccccc1)Cc1cccc(-c2cnn(C)c2)c1. The molecule has 0 saturated carbocycles. The molecule has 2 heterocycles. The van der Waals surface area contributed by atoms with Gasteiger partial charge in [-0.15, -0.1) is 23.5 Å². The quantitative estimate of drug-likeness (QED) is 0.279. The van der Waals surface area contributed by atoms with Crippen molar-refractivity contribution < 1.29 is 4.79 Å². The fourth-order valence-electron chi connectivity index (χ4n) is 3.87. The van der Waals surface area contributed by atoms with Crippen molar-refractivity contribution >= 4 is 35.2 Å². The standard InChI is InChI=1S/C27H29N5OS2/c1-19-13-24(34-3)25(26(29-19)35-4)30-27(33)32(16-20-9-6-5-7-10-20)17-21-11-8-12-22(14-21)23-15-28-31(2)18-23/h5-15,18H,16-17H2,1-4H3,(H,30,33). The van der Waals surface area contributed by atoms with E-state index in [-0.39, 0.29) is 6.03 Å². The molecule has 8 heteroatoms. The second kappa shape index (κ2) is 11.5. The number of urea groups is 1.